The second kappa shape index (κ2) is 8.87. The van der Waals surface area contributed by atoms with Gasteiger partial charge in [0.25, 0.3) is 5.91 Å². The lowest BCUT2D eigenvalue weighted by molar-refractivity contribution is -0.121. The number of carbonyl (C=O) groups is 2. The summed E-state index contributed by atoms with van der Waals surface area (Å²) in [7, 11) is 0. The zero-order chi connectivity index (χ0) is 18.2. The van der Waals surface area contributed by atoms with Crippen LogP contribution in [0.3, 0.4) is 0 Å². The van der Waals surface area contributed by atoms with Crippen molar-refractivity contribution in [2.75, 3.05) is 6.61 Å². The lowest BCUT2D eigenvalue weighted by Gasteiger charge is -2.10. The number of amides is 2. The molecule has 132 valence electrons. The molecular formula is C20H24N2O3. The Hall–Kier alpha value is -2.82. The van der Waals surface area contributed by atoms with Gasteiger partial charge in [-0.05, 0) is 48.2 Å². The molecule has 0 fully saturated rings. The number of ether oxygens (including phenoxy) is 1. The van der Waals surface area contributed by atoms with Gasteiger partial charge in [-0.2, -0.15) is 0 Å². The van der Waals surface area contributed by atoms with Crippen LogP contribution in [0.1, 0.15) is 35.3 Å². The Morgan fingerprint density at radius 3 is 2.32 bits per heavy atom. The third-order valence-corrected chi connectivity index (χ3v) is 3.63. The molecule has 2 aromatic carbocycles. The van der Waals surface area contributed by atoms with E-state index in [2.05, 4.69) is 24.7 Å². The van der Waals surface area contributed by atoms with Gasteiger partial charge in [0.2, 0.25) is 5.91 Å². The van der Waals surface area contributed by atoms with Crippen LogP contribution in [0.15, 0.2) is 48.5 Å². The van der Waals surface area contributed by atoms with E-state index in [-0.39, 0.29) is 18.2 Å². The van der Waals surface area contributed by atoms with Gasteiger partial charge in [-0.3, -0.25) is 20.4 Å². The molecule has 5 nitrogen and oxygen atoms in total. The van der Waals surface area contributed by atoms with Crippen LogP contribution in [0, 0.1) is 12.8 Å². The molecular weight excluding hydrogens is 316 g/mol. The summed E-state index contributed by atoms with van der Waals surface area (Å²) >= 11 is 0. The molecule has 0 bridgehead atoms. The number of carbonyl (C=O) groups excluding carboxylic acids is 2. The molecule has 25 heavy (non-hydrogen) atoms. The molecule has 0 aromatic heterocycles. The number of rotatable bonds is 6. The van der Waals surface area contributed by atoms with Crippen LogP contribution in [0.4, 0.5) is 0 Å². The van der Waals surface area contributed by atoms with Crippen LogP contribution >= 0.6 is 0 Å². The van der Waals surface area contributed by atoms with Crippen molar-refractivity contribution in [3.8, 4) is 5.75 Å². The van der Waals surface area contributed by atoms with Crippen molar-refractivity contribution >= 4 is 11.8 Å². The van der Waals surface area contributed by atoms with Gasteiger partial charge in [-0.15, -0.1) is 0 Å². The van der Waals surface area contributed by atoms with Crippen molar-refractivity contribution in [3.05, 3.63) is 65.2 Å². The lowest BCUT2D eigenvalue weighted by atomic mass is 10.1. The lowest BCUT2D eigenvalue weighted by Crippen LogP contribution is -2.42. The molecule has 2 N–H and O–H groups in total. The Balaban J connectivity index is 1.83. The van der Waals surface area contributed by atoms with E-state index >= 15 is 0 Å². The minimum Gasteiger partial charge on any atom is -0.493 e. The normalized spacial score (nSPS) is 10.4. The van der Waals surface area contributed by atoms with E-state index < -0.39 is 0 Å². The second-order valence-corrected chi connectivity index (χ2v) is 6.33. The van der Waals surface area contributed by atoms with E-state index in [0.29, 0.717) is 23.8 Å². The summed E-state index contributed by atoms with van der Waals surface area (Å²) in [4.78, 5) is 24.0. The van der Waals surface area contributed by atoms with Gasteiger partial charge < -0.3 is 4.74 Å². The van der Waals surface area contributed by atoms with Crippen molar-refractivity contribution < 1.29 is 14.3 Å². The quantitative estimate of drug-likeness (QED) is 0.794. The highest BCUT2D eigenvalue weighted by Gasteiger charge is 2.09. The first-order chi connectivity index (χ1) is 12.0. The zero-order valence-electron chi connectivity index (χ0n) is 14.8. The van der Waals surface area contributed by atoms with Crippen LogP contribution in [-0.2, 0) is 11.2 Å². The van der Waals surface area contributed by atoms with Crippen molar-refractivity contribution in [3.63, 3.8) is 0 Å². The van der Waals surface area contributed by atoms with Crippen molar-refractivity contribution in [2.45, 2.75) is 27.2 Å². The molecule has 0 unspecified atom stereocenters. The molecule has 0 aliphatic carbocycles. The summed E-state index contributed by atoms with van der Waals surface area (Å²) < 4.78 is 5.58. The highest BCUT2D eigenvalue weighted by Crippen LogP contribution is 2.13. The van der Waals surface area contributed by atoms with Crippen molar-refractivity contribution in [2.24, 2.45) is 5.92 Å². The smallest absolute Gasteiger partial charge is 0.269 e. The van der Waals surface area contributed by atoms with Crippen LogP contribution in [0.5, 0.6) is 5.75 Å². The van der Waals surface area contributed by atoms with Crippen molar-refractivity contribution in [1.82, 2.24) is 10.9 Å². The van der Waals surface area contributed by atoms with Crippen LogP contribution < -0.4 is 15.6 Å². The van der Waals surface area contributed by atoms with Gasteiger partial charge in [0.15, 0.2) is 0 Å². The summed E-state index contributed by atoms with van der Waals surface area (Å²) in [5, 5.41) is 0. The molecule has 0 heterocycles. The predicted octanol–water partition coefficient (Wildman–Crippen LogP) is 3.03. The highest BCUT2D eigenvalue weighted by atomic mass is 16.5. The maximum atomic E-state index is 12.1. The largest absolute Gasteiger partial charge is 0.493 e. The summed E-state index contributed by atoms with van der Waals surface area (Å²) in [6, 6.07) is 14.5. The molecule has 0 spiro atoms. The van der Waals surface area contributed by atoms with E-state index in [1.807, 2.05) is 31.2 Å². The van der Waals surface area contributed by atoms with Crippen LogP contribution in [-0.4, -0.2) is 18.4 Å². The second-order valence-electron chi connectivity index (χ2n) is 6.33. The number of hydrazine groups is 1. The molecule has 0 saturated carbocycles. The standard InChI is InChI=1S/C20H24N2O3/c1-14(2)13-25-18-10-8-16(9-11-18)20(24)22-21-19(23)12-17-7-5-4-6-15(17)3/h4-11,14H,12-13H2,1-3H3,(H,21,23)(H,22,24). The first-order valence-corrected chi connectivity index (χ1v) is 8.32. The molecule has 0 radical (unpaired) electrons. The van der Waals surface area contributed by atoms with Crippen molar-refractivity contribution in [1.29, 1.82) is 0 Å². The fourth-order valence-corrected chi connectivity index (χ4v) is 2.19. The van der Waals surface area contributed by atoms with E-state index in [1.54, 1.807) is 24.3 Å². The number of aryl methyl sites for hydroxylation is 1. The Morgan fingerprint density at radius 2 is 1.68 bits per heavy atom. The van der Waals surface area contributed by atoms with E-state index in [0.717, 1.165) is 11.1 Å². The average molecular weight is 340 g/mol. The summed E-state index contributed by atoms with van der Waals surface area (Å²) in [5.41, 5.74) is 7.30. The molecule has 5 heteroatoms. The minimum absolute atomic E-state index is 0.217. The minimum atomic E-state index is -0.367. The zero-order valence-corrected chi connectivity index (χ0v) is 14.8. The molecule has 2 rings (SSSR count). The fraction of sp³-hybridized carbons (Fsp3) is 0.300. The van der Waals surface area contributed by atoms with Gasteiger partial charge in [-0.1, -0.05) is 38.1 Å². The summed E-state index contributed by atoms with van der Waals surface area (Å²) in [6.07, 6.45) is 0.217. The van der Waals surface area contributed by atoms with E-state index in [1.165, 1.54) is 0 Å². The molecule has 0 aliphatic heterocycles. The molecule has 0 aliphatic rings. The van der Waals surface area contributed by atoms with Gasteiger partial charge in [0.1, 0.15) is 5.75 Å². The van der Waals surface area contributed by atoms with Crippen LogP contribution in [0.2, 0.25) is 0 Å². The number of hydrogen-bond acceptors (Lipinski definition) is 3. The fourth-order valence-electron chi connectivity index (χ4n) is 2.19. The van der Waals surface area contributed by atoms with E-state index in [9.17, 15) is 9.59 Å². The Bertz CT molecular complexity index is 724. The first kappa shape index (κ1) is 18.5. The molecule has 0 saturated heterocycles. The summed E-state index contributed by atoms with van der Waals surface area (Å²) in [6.45, 7) is 6.72. The third kappa shape index (κ3) is 5.95. The van der Waals surface area contributed by atoms with E-state index in [4.69, 9.17) is 4.74 Å². The Labute approximate surface area is 148 Å². The average Bonchev–Trinajstić information content (AvgIpc) is 2.60. The predicted molar refractivity (Wildman–Crippen MR) is 97.3 cm³/mol. The summed E-state index contributed by atoms with van der Waals surface area (Å²) in [5.74, 6) is 0.522. The Morgan fingerprint density at radius 1 is 1.00 bits per heavy atom. The molecule has 0 atom stereocenters. The number of benzene rings is 2. The van der Waals surface area contributed by atoms with Gasteiger partial charge in [-0.25, -0.2) is 0 Å². The molecule has 2 amide bonds. The van der Waals surface area contributed by atoms with Gasteiger partial charge >= 0.3 is 0 Å². The number of nitrogens with one attached hydrogen (secondary N) is 2. The highest BCUT2D eigenvalue weighted by molar-refractivity contribution is 5.95. The maximum Gasteiger partial charge on any atom is 0.269 e. The van der Waals surface area contributed by atoms with Crippen LogP contribution in [0.25, 0.3) is 0 Å². The Kier molecular flexibility index (Phi) is 6.57. The molecule has 2 aromatic rings. The SMILES string of the molecule is Cc1ccccc1CC(=O)NNC(=O)c1ccc(OCC(C)C)cc1. The third-order valence-electron chi connectivity index (χ3n) is 3.63. The topological polar surface area (TPSA) is 67.4 Å². The maximum absolute atomic E-state index is 12.1. The van der Waals surface area contributed by atoms with Gasteiger partial charge in [0.05, 0.1) is 13.0 Å². The van der Waals surface area contributed by atoms with Gasteiger partial charge in [0, 0.05) is 5.56 Å². The monoisotopic (exact) mass is 340 g/mol. The first-order valence-electron chi connectivity index (χ1n) is 8.32. The number of hydrogen-bond donors (Lipinski definition) is 2.